The highest BCUT2D eigenvalue weighted by molar-refractivity contribution is 6.36. The number of imide groups is 1. The zero-order valence-corrected chi connectivity index (χ0v) is 17.0. The molecule has 0 bridgehead atoms. The fourth-order valence-corrected chi connectivity index (χ4v) is 3.77. The summed E-state index contributed by atoms with van der Waals surface area (Å²) >= 11 is 0. The summed E-state index contributed by atoms with van der Waals surface area (Å²) in [5, 5.41) is 3.09. The monoisotopic (exact) mass is 430 g/mol. The minimum Gasteiger partial charge on any atom is -0.486 e. The smallest absolute Gasteiger partial charge is 0.278 e. The van der Waals surface area contributed by atoms with Crippen molar-refractivity contribution in [3.8, 4) is 11.5 Å². The van der Waals surface area contributed by atoms with Crippen LogP contribution in [-0.4, -0.2) is 29.9 Å². The topological polar surface area (TPSA) is 67.9 Å². The standard InChI is InChI=1S/C25H19FN2O4/c26-19-9-5-4-8-17(19)15-28-24(29)22(16-6-2-1-3-7-16)23(25(28)30)27-18-10-11-20-21(14-18)32-13-12-31-20/h1-11,14,27H,12-13,15H2. The lowest BCUT2D eigenvalue weighted by Gasteiger charge is -2.19. The van der Waals surface area contributed by atoms with Gasteiger partial charge in [-0.05, 0) is 23.8 Å². The molecular weight excluding hydrogens is 411 g/mol. The van der Waals surface area contributed by atoms with Gasteiger partial charge in [0, 0.05) is 17.3 Å². The number of halogens is 1. The van der Waals surface area contributed by atoms with Gasteiger partial charge in [-0.2, -0.15) is 0 Å². The van der Waals surface area contributed by atoms with Crippen LogP contribution in [-0.2, 0) is 16.1 Å². The lowest BCUT2D eigenvalue weighted by Crippen LogP contribution is -2.32. The van der Waals surface area contributed by atoms with E-state index in [4.69, 9.17) is 9.47 Å². The summed E-state index contributed by atoms with van der Waals surface area (Å²) in [6.45, 7) is 0.746. The SMILES string of the molecule is O=C1C(Nc2ccc3c(c2)OCCO3)=C(c2ccccc2)C(=O)N1Cc1ccccc1F. The highest BCUT2D eigenvalue weighted by Crippen LogP contribution is 2.36. The second kappa shape index (κ2) is 8.19. The zero-order valence-electron chi connectivity index (χ0n) is 17.0. The van der Waals surface area contributed by atoms with Crippen LogP contribution in [0.2, 0.25) is 0 Å². The Hall–Kier alpha value is -4.13. The van der Waals surface area contributed by atoms with Crippen molar-refractivity contribution in [1.82, 2.24) is 4.90 Å². The van der Waals surface area contributed by atoms with E-state index in [9.17, 15) is 14.0 Å². The third-order valence-corrected chi connectivity index (χ3v) is 5.33. The molecule has 0 aliphatic carbocycles. The number of carbonyl (C=O) groups excluding carboxylic acids is 2. The second-order valence-corrected chi connectivity index (χ2v) is 7.39. The van der Waals surface area contributed by atoms with Gasteiger partial charge in [-0.3, -0.25) is 14.5 Å². The Balaban J connectivity index is 1.52. The van der Waals surface area contributed by atoms with Gasteiger partial charge in [0.25, 0.3) is 11.8 Å². The van der Waals surface area contributed by atoms with Crippen LogP contribution in [0.15, 0.2) is 78.5 Å². The van der Waals surface area contributed by atoms with Crippen molar-refractivity contribution in [2.24, 2.45) is 0 Å². The molecule has 2 amide bonds. The fourth-order valence-electron chi connectivity index (χ4n) is 3.77. The fraction of sp³-hybridized carbons (Fsp3) is 0.120. The first kappa shape index (κ1) is 19.8. The molecule has 6 nitrogen and oxygen atoms in total. The molecule has 7 heteroatoms. The van der Waals surface area contributed by atoms with E-state index in [0.717, 1.165) is 4.90 Å². The van der Waals surface area contributed by atoms with Crippen molar-refractivity contribution >= 4 is 23.1 Å². The summed E-state index contributed by atoms with van der Waals surface area (Å²) in [5.41, 5.74) is 1.81. The van der Waals surface area contributed by atoms with E-state index >= 15 is 0 Å². The molecule has 32 heavy (non-hydrogen) atoms. The Morgan fingerprint density at radius 2 is 1.56 bits per heavy atom. The van der Waals surface area contributed by atoms with Gasteiger partial charge in [0.05, 0.1) is 12.1 Å². The van der Waals surface area contributed by atoms with E-state index in [1.165, 1.54) is 6.07 Å². The van der Waals surface area contributed by atoms with Crippen LogP contribution in [0, 0.1) is 5.82 Å². The minimum atomic E-state index is -0.521. The second-order valence-electron chi connectivity index (χ2n) is 7.39. The van der Waals surface area contributed by atoms with Gasteiger partial charge in [-0.15, -0.1) is 0 Å². The molecule has 2 aliphatic heterocycles. The minimum absolute atomic E-state index is 0.134. The van der Waals surface area contributed by atoms with E-state index in [0.29, 0.717) is 36.0 Å². The predicted molar refractivity (Wildman–Crippen MR) is 116 cm³/mol. The molecule has 2 heterocycles. The molecule has 160 valence electrons. The van der Waals surface area contributed by atoms with Crippen LogP contribution < -0.4 is 14.8 Å². The average Bonchev–Trinajstić information content (AvgIpc) is 3.05. The number of carbonyl (C=O) groups is 2. The number of nitrogens with zero attached hydrogens (tertiary/aromatic N) is 1. The third-order valence-electron chi connectivity index (χ3n) is 5.33. The normalized spacial score (nSPS) is 15.3. The Labute approximate surface area is 183 Å². The van der Waals surface area contributed by atoms with E-state index in [-0.39, 0.29) is 23.4 Å². The van der Waals surface area contributed by atoms with E-state index in [1.807, 2.05) is 6.07 Å². The molecule has 0 unspecified atom stereocenters. The summed E-state index contributed by atoms with van der Waals surface area (Å²) in [6.07, 6.45) is 0. The van der Waals surface area contributed by atoms with E-state index in [2.05, 4.69) is 5.32 Å². The van der Waals surface area contributed by atoms with Crippen molar-refractivity contribution in [2.75, 3.05) is 18.5 Å². The highest BCUT2D eigenvalue weighted by Gasteiger charge is 2.39. The van der Waals surface area contributed by atoms with Crippen molar-refractivity contribution in [3.63, 3.8) is 0 Å². The molecule has 0 saturated heterocycles. The molecule has 0 spiro atoms. The maximum Gasteiger partial charge on any atom is 0.278 e. The summed E-state index contributed by atoms with van der Waals surface area (Å²) in [7, 11) is 0. The van der Waals surface area contributed by atoms with Crippen molar-refractivity contribution in [2.45, 2.75) is 6.54 Å². The summed E-state index contributed by atoms with van der Waals surface area (Å²) in [4.78, 5) is 27.7. The van der Waals surface area contributed by atoms with Gasteiger partial charge >= 0.3 is 0 Å². The first-order valence-corrected chi connectivity index (χ1v) is 10.2. The maximum absolute atomic E-state index is 14.2. The number of benzene rings is 3. The number of rotatable bonds is 5. The number of nitrogens with one attached hydrogen (secondary N) is 1. The molecule has 0 radical (unpaired) electrons. The van der Waals surface area contributed by atoms with Crippen LogP contribution in [0.1, 0.15) is 11.1 Å². The van der Waals surface area contributed by atoms with Crippen LogP contribution >= 0.6 is 0 Å². The van der Waals surface area contributed by atoms with Crippen LogP contribution in [0.5, 0.6) is 11.5 Å². The van der Waals surface area contributed by atoms with Crippen molar-refractivity contribution in [3.05, 3.63) is 95.4 Å². The van der Waals surface area contributed by atoms with Crippen molar-refractivity contribution < 1.29 is 23.5 Å². The Kier molecular flexibility index (Phi) is 5.07. The van der Waals surface area contributed by atoms with Gasteiger partial charge < -0.3 is 14.8 Å². The number of fused-ring (bicyclic) bond motifs is 1. The first-order chi connectivity index (χ1) is 15.6. The zero-order chi connectivity index (χ0) is 22.1. The van der Waals surface area contributed by atoms with Gasteiger partial charge in [-0.25, -0.2) is 4.39 Å². The molecule has 0 saturated carbocycles. The molecule has 3 aromatic rings. The molecule has 5 rings (SSSR count). The predicted octanol–water partition coefficient (Wildman–Crippen LogP) is 3.99. The van der Waals surface area contributed by atoms with Gasteiger partial charge in [0.15, 0.2) is 11.5 Å². The molecular formula is C25H19FN2O4. The quantitative estimate of drug-likeness (QED) is 0.620. The van der Waals surface area contributed by atoms with Gasteiger partial charge in [-0.1, -0.05) is 48.5 Å². The van der Waals surface area contributed by atoms with Gasteiger partial charge in [0.1, 0.15) is 24.7 Å². The molecule has 3 aromatic carbocycles. The summed E-state index contributed by atoms with van der Waals surface area (Å²) < 4.78 is 25.4. The Morgan fingerprint density at radius 1 is 0.844 bits per heavy atom. The largest absolute Gasteiger partial charge is 0.486 e. The average molecular weight is 430 g/mol. The molecule has 1 N–H and O–H groups in total. The number of anilines is 1. The molecule has 2 aliphatic rings. The highest BCUT2D eigenvalue weighted by atomic mass is 19.1. The number of ether oxygens (including phenoxy) is 2. The number of hydrogen-bond acceptors (Lipinski definition) is 5. The first-order valence-electron chi connectivity index (χ1n) is 10.2. The Morgan fingerprint density at radius 3 is 2.34 bits per heavy atom. The molecule has 0 fully saturated rings. The van der Waals surface area contributed by atoms with Crippen LogP contribution in [0.4, 0.5) is 10.1 Å². The van der Waals surface area contributed by atoms with E-state index in [1.54, 1.807) is 60.7 Å². The van der Waals surface area contributed by atoms with Crippen molar-refractivity contribution in [1.29, 1.82) is 0 Å². The van der Waals surface area contributed by atoms with Gasteiger partial charge in [0.2, 0.25) is 0 Å². The number of hydrogen-bond donors (Lipinski definition) is 1. The molecule has 0 atom stereocenters. The summed E-state index contributed by atoms with van der Waals surface area (Å²) in [5.74, 6) is -0.295. The summed E-state index contributed by atoms with van der Waals surface area (Å²) in [6, 6.07) is 20.3. The molecule has 0 aromatic heterocycles. The lowest BCUT2D eigenvalue weighted by molar-refractivity contribution is -0.137. The third kappa shape index (κ3) is 3.58. The van der Waals surface area contributed by atoms with Crippen LogP contribution in [0.3, 0.4) is 0 Å². The lowest BCUT2D eigenvalue weighted by atomic mass is 10.0. The Bertz CT molecular complexity index is 1240. The van der Waals surface area contributed by atoms with E-state index < -0.39 is 17.6 Å². The number of amides is 2. The maximum atomic E-state index is 14.2. The van der Waals surface area contributed by atoms with Crippen LogP contribution in [0.25, 0.3) is 5.57 Å².